The predicted molar refractivity (Wildman–Crippen MR) is 121 cm³/mol. The molecule has 7 heteroatoms. The van der Waals surface area contributed by atoms with E-state index in [1.807, 2.05) is 30.3 Å². The van der Waals surface area contributed by atoms with Crippen LogP contribution in [0.15, 0.2) is 54.6 Å². The Labute approximate surface area is 198 Å². The van der Waals surface area contributed by atoms with E-state index in [-0.39, 0.29) is 11.8 Å². The van der Waals surface area contributed by atoms with Gasteiger partial charge in [-0.05, 0) is 42.0 Å². The van der Waals surface area contributed by atoms with Crippen LogP contribution in [0.25, 0.3) is 0 Å². The van der Waals surface area contributed by atoms with Crippen LogP contribution in [0.4, 0.5) is 0 Å². The van der Waals surface area contributed by atoms with Gasteiger partial charge in [-0.3, -0.25) is 5.41 Å². The molecule has 5 atom stereocenters. The van der Waals surface area contributed by atoms with Crippen LogP contribution in [0, 0.1) is 62.1 Å². The maximum atomic E-state index is 10.4. The minimum atomic E-state index is -1.95. The lowest BCUT2D eigenvalue weighted by Crippen LogP contribution is -2.60. The van der Waals surface area contributed by atoms with Gasteiger partial charge in [-0.25, -0.2) is 0 Å². The molecule has 2 aromatic carbocycles. The van der Waals surface area contributed by atoms with Crippen molar-refractivity contribution >= 4 is 5.90 Å². The van der Waals surface area contributed by atoms with Crippen molar-refractivity contribution in [2.75, 3.05) is 0 Å². The smallest absolute Gasteiger partial charge is 0.217 e. The quantitative estimate of drug-likeness (QED) is 0.695. The molecule has 2 aromatic rings. The largest absolute Gasteiger partial charge is 0.489 e. The maximum Gasteiger partial charge on any atom is 0.217 e. The van der Waals surface area contributed by atoms with E-state index in [0.29, 0.717) is 30.8 Å². The zero-order valence-electron chi connectivity index (χ0n) is 18.8. The summed E-state index contributed by atoms with van der Waals surface area (Å²) in [5, 5.41) is 39.9. The van der Waals surface area contributed by atoms with Crippen LogP contribution in [0.1, 0.15) is 43.4 Å². The van der Waals surface area contributed by atoms with Crippen molar-refractivity contribution < 1.29 is 14.2 Å². The van der Waals surface area contributed by atoms with Gasteiger partial charge in [0.2, 0.25) is 17.1 Å². The summed E-state index contributed by atoms with van der Waals surface area (Å²) in [6, 6.07) is 23.3. The summed E-state index contributed by atoms with van der Waals surface area (Å²) < 4.78 is 18.4. The molecule has 5 unspecified atom stereocenters. The molecule has 0 spiro atoms. The van der Waals surface area contributed by atoms with Crippen molar-refractivity contribution in [1.29, 1.82) is 21.2 Å². The van der Waals surface area contributed by atoms with Crippen LogP contribution in [0.3, 0.4) is 0 Å². The Morgan fingerprint density at radius 3 is 2.53 bits per heavy atom. The van der Waals surface area contributed by atoms with Crippen molar-refractivity contribution in [2.45, 2.75) is 44.7 Å². The van der Waals surface area contributed by atoms with Crippen LogP contribution in [0.5, 0.6) is 5.75 Å². The average Bonchev–Trinajstić information content (AvgIpc) is 3.06. The predicted octanol–water partition coefficient (Wildman–Crippen LogP) is 5.02. The second kappa shape index (κ2) is 7.87. The fraction of sp³-hybridized carbons (Fsp3) is 0.407. The lowest BCUT2D eigenvalue weighted by atomic mass is 9.50. The number of hydrogen-bond donors (Lipinski definition) is 1. The Balaban J connectivity index is 1.58. The molecule has 7 nitrogen and oxygen atoms in total. The first-order valence-electron chi connectivity index (χ1n) is 11.4. The zero-order valence-corrected chi connectivity index (χ0v) is 18.8. The van der Waals surface area contributed by atoms with Crippen molar-refractivity contribution in [2.24, 2.45) is 22.7 Å². The molecule has 3 fully saturated rings. The van der Waals surface area contributed by atoms with Gasteiger partial charge >= 0.3 is 0 Å². The van der Waals surface area contributed by atoms with Crippen LogP contribution in [0.2, 0.25) is 0 Å². The molecular weight excluding hydrogens is 428 g/mol. The maximum absolute atomic E-state index is 10.4. The number of nitriles is 3. The first-order chi connectivity index (χ1) is 16.4. The number of rotatable bonds is 4. The minimum Gasteiger partial charge on any atom is -0.489 e. The van der Waals surface area contributed by atoms with E-state index >= 15 is 0 Å². The first kappa shape index (κ1) is 22.0. The highest BCUT2D eigenvalue weighted by atomic mass is 16.7. The molecule has 2 saturated heterocycles. The molecular formula is C27H24N4O3. The number of ether oxygens (including phenoxy) is 3. The molecule has 0 aromatic heterocycles. The van der Waals surface area contributed by atoms with Gasteiger partial charge in [0.15, 0.2) is 5.41 Å². The van der Waals surface area contributed by atoms with E-state index in [9.17, 15) is 15.8 Å². The highest BCUT2D eigenvalue weighted by molar-refractivity contribution is 5.89. The topological polar surface area (TPSA) is 123 Å². The Bertz CT molecular complexity index is 1240. The summed E-state index contributed by atoms with van der Waals surface area (Å²) in [4.78, 5) is 0. The normalized spacial score (nSPS) is 32.9. The number of benzene rings is 2. The first-order valence-corrected chi connectivity index (χ1v) is 11.4. The van der Waals surface area contributed by atoms with Crippen LogP contribution >= 0.6 is 0 Å². The van der Waals surface area contributed by atoms with Crippen molar-refractivity contribution in [3.05, 3.63) is 65.7 Å². The molecule has 0 radical (unpaired) electrons. The average molecular weight is 453 g/mol. The Kier molecular flexibility index (Phi) is 5.08. The van der Waals surface area contributed by atoms with E-state index in [1.54, 1.807) is 24.3 Å². The van der Waals surface area contributed by atoms with E-state index in [4.69, 9.17) is 19.6 Å². The zero-order chi connectivity index (χ0) is 24.0. The van der Waals surface area contributed by atoms with E-state index in [1.165, 1.54) is 0 Å². The van der Waals surface area contributed by atoms with Crippen LogP contribution < -0.4 is 4.74 Å². The number of nitrogens with zero attached hydrogens (tertiary/aromatic N) is 3. The molecule has 1 aliphatic carbocycles. The molecule has 34 heavy (non-hydrogen) atoms. The molecule has 170 valence electrons. The third-order valence-electron chi connectivity index (χ3n) is 7.58. The Morgan fingerprint density at radius 1 is 1.06 bits per heavy atom. The van der Waals surface area contributed by atoms with Gasteiger partial charge in [0.25, 0.3) is 0 Å². The standard InChI is InChI=1S/C27H24N4O3/c1-18-10-11-27-22(12-18)26(17-30,24(31)34-27)25(15-28,16-29)23(33-27)20-8-5-9-21(13-20)32-14-19-6-3-2-4-7-19/h2-9,13,18,22-23,31H,10-12,14H2,1H3. The summed E-state index contributed by atoms with van der Waals surface area (Å²) >= 11 is 0. The molecule has 1 saturated carbocycles. The minimum absolute atomic E-state index is 0.269. The van der Waals surface area contributed by atoms with Crippen molar-refractivity contribution in [3.8, 4) is 24.0 Å². The summed E-state index contributed by atoms with van der Waals surface area (Å²) in [5.74, 6) is -1.26. The van der Waals surface area contributed by atoms with Crippen LogP contribution in [-0.4, -0.2) is 11.7 Å². The van der Waals surface area contributed by atoms with Gasteiger partial charge in [-0.15, -0.1) is 0 Å². The summed E-state index contributed by atoms with van der Waals surface area (Å²) in [5.41, 5.74) is -2.11. The van der Waals surface area contributed by atoms with E-state index < -0.39 is 28.6 Å². The van der Waals surface area contributed by atoms with Crippen molar-refractivity contribution in [1.82, 2.24) is 0 Å². The molecule has 5 rings (SSSR count). The van der Waals surface area contributed by atoms with Crippen LogP contribution in [-0.2, 0) is 16.1 Å². The van der Waals surface area contributed by atoms with Gasteiger partial charge in [-0.2, -0.15) is 15.8 Å². The monoisotopic (exact) mass is 452 g/mol. The molecule has 2 bridgehead atoms. The highest BCUT2D eigenvalue weighted by Crippen LogP contribution is 2.70. The molecule has 2 aliphatic heterocycles. The molecule has 0 amide bonds. The fourth-order valence-electron chi connectivity index (χ4n) is 5.84. The number of hydrogen-bond acceptors (Lipinski definition) is 7. The fourth-order valence-corrected chi connectivity index (χ4v) is 5.84. The highest BCUT2D eigenvalue weighted by Gasteiger charge is 2.80. The summed E-state index contributed by atoms with van der Waals surface area (Å²) in [7, 11) is 0. The van der Waals surface area contributed by atoms with Gasteiger partial charge in [0, 0.05) is 6.42 Å². The molecule has 2 heterocycles. The van der Waals surface area contributed by atoms with Gasteiger partial charge < -0.3 is 14.2 Å². The lowest BCUT2D eigenvalue weighted by molar-refractivity contribution is -0.298. The molecule has 1 N–H and O–H groups in total. The van der Waals surface area contributed by atoms with E-state index in [0.717, 1.165) is 12.0 Å². The third kappa shape index (κ3) is 2.86. The van der Waals surface area contributed by atoms with E-state index in [2.05, 4.69) is 25.1 Å². The van der Waals surface area contributed by atoms with Gasteiger partial charge in [0.05, 0.1) is 24.1 Å². The Hall–Kier alpha value is -3.86. The van der Waals surface area contributed by atoms with Gasteiger partial charge in [-0.1, -0.05) is 49.4 Å². The third-order valence-corrected chi connectivity index (χ3v) is 7.58. The SMILES string of the molecule is CC1CCC23OC(=N)C(C#N)(C2C1)C(C#N)(C#N)C(c1cccc(OCc2ccccc2)c1)O3. The van der Waals surface area contributed by atoms with Crippen molar-refractivity contribution in [3.63, 3.8) is 0 Å². The lowest BCUT2D eigenvalue weighted by Gasteiger charge is -2.52. The van der Waals surface area contributed by atoms with Gasteiger partial charge in [0.1, 0.15) is 18.5 Å². The number of nitrogens with one attached hydrogen (secondary N) is 1. The molecule has 3 aliphatic rings. The second-order valence-electron chi connectivity index (χ2n) is 9.47. The summed E-state index contributed by atoms with van der Waals surface area (Å²) in [6.45, 7) is 2.43. The Morgan fingerprint density at radius 2 is 1.82 bits per heavy atom. The second-order valence-corrected chi connectivity index (χ2v) is 9.47. The summed E-state index contributed by atoms with van der Waals surface area (Å²) in [6.07, 6.45) is 0.784.